The topological polar surface area (TPSA) is 9.23 Å². The van der Waals surface area contributed by atoms with Gasteiger partial charge in [0.05, 0.1) is 7.11 Å². The Balaban J connectivity index is 2.96. The van der Waals surface area contributed by atoms with Crippen molar-refractivity contribution in [3.8, 4) is 5.75 Å². The Morgan fingerprint density at radius 3 is 2.77 bits per heavy atom. The molecule has 13 heavy (non-hydrogen) atoms. The second kappa shape index (κ2) is 4.33. The molecule has 0 radical (unpaired) electrons. The van der Waals surface area contributed by atoms with E-state index in [-0.39, 0.29) is 5.82 Å². The molecule has 0 saturated heterocycles. The summed E-state index contributed by atoms with van der Waals surface area (Å²) >= 11 is 4.91. The predicted molar refractivity (Wildman–Crippen MR) is 54.9 cm³/mol. The molecule has 0 aliphatic rings. The third kappa shape index (κ3) is 2.77. The standard InChI is InChI=1S/C10H11FOS/c1-7(13)5-8-6-9(12-2)3-4-10(8)11/h3-4,6H,5H2,1-2H3. The van der Waals surface area contributed by atoms with Crippen LogP contribution in [-0.4, -0.2) is 12.0 Å². The molecule has 3 heteroatoms. The zero-order chi connectivity index (χ0) is 9.84. The van der Waals surface area contributed by atoms with Gasteiger partial charge in [-0.1, -0.05) is 12.2 Å². The fourth-order valence-corrected chi connectivity index (χ4v) is 1.24. The van der Waals surface area contributed by atoms with Crippen LogP contribution in [-0.2, 0) is 6.42 Å². The summed E-state index contributed by atoms with van der Waals surface area (Å²) in [5, 5.41) is 0. The van der Waals surface area contributed by atoms with Gasteiger partial charge in [-0.25, -0.2) is 4.39 Å². The van der Waals surface area contributed by atoms with Gasteiger partial charge in [0.1, 0.15) is 11.6 Å². The molecule has 1 aromatic rings. The summed E-state index contributed by atoms with van der Waals surface area (Å²) in [6.07, 6.45) is 0.484. The lowest BCUT2D eigenvalue weighted by Crippen LogP contribution is -1.98. The summed E-state index contributed by atoms with van der Waals surface area (Å²) in [7, 11) is 1.56. The molecule has 0 spiro atoms. The Kier molecular flexibility index (Phi) is 3.37. The van der Waals surface area contributed by atoms with E-state index in [9.17, 15) is 4.39 Å². The smallest absolute Gasteiger partial charge is 0.127 e. The quantitative estimate of drug-likeness (QED) is 0.691. The van der Waals surface area contributed by atoms with Crippen molar-refractivity contribution in [2.24, 2.45) is 0 Å². The lowest BCUT2D eigenvalue weighted by atomic mass is 10.1. The normalized spacial score (nSPS) is 9.77. The van der Waals surface area contributed by atoms with Crippen LogP contribution in [0, 0.1) is 5.82 Å². The number of ether oxygens (including phenoxy) is 1. The lowest BCUT2D eigenvalue weighted by molar-refractivity contribution is 0.413. The van der Waals surface area contributed by atoms with Gasteiger partial charge in [-0.3, -0.25) is 0 Å². The van der Waals surface area contributed by atoms with Gasteiger partial charge in [-0.15, -0.1) is 0 Å². The van der Waals surface area contributed by atoms with E-state index in [2.05, 4.69) is 0 Å². The second-order valence-corrected chi connectivity index (χ2v) is 3.53. The van der Waals surface area contributed by atoms with Crippen LogP contribution in [0.2, 0.25) is 0 Å². The van der Waals surface area contributed by atoms with E-state index in [1.807, 2.05) is 0 Å². The van der Waals surface area contributed by atoms with Gasteiger partial charge in [0, 0.05) is 6.42 Å². The molecule has 0 aliphatic carbocycles. The number of hydrogen-bond acceptors (Lipinski definition) is 2. The third-order valence-corrected chi connectivity index (χ3v) is 1.84. The predicted octanol–water partition coefficient (Wildman–Crippen LogP) is 2.77. The molecule has 0 N–H and O–H groups in total. The molecule has 0 unspecified atom stereocenters. The minimum Gasteiger partial charge on any atom is -0.497 e. The molecule has 0 fully saturated rings. The van der Waals surface area contributed by atoms with Crippen molar-refractivity contribution in [3.05, 3.63) is 29.6 Å². The SMILES string of the molecule is COc1ccc(F)c(CC(C)=S)c1. The first kappa shape index (κ1) is 10.1. The van der Waals surface area contributed by atoms with Gasteiger partial charge >= 0.3 is 0 Å². The Labute approximate surface area is 82.5 Å². The van der Waals surface area contributed by atoms with Gasteiger partial charge in [0.25, 0.3) is 0 Å². The van der Waals surface area contributed by atoms with Gasteiger partial charge in [0.2, 0.25) is 0 Å². The van der Waals surface area contributed by atoms with Crippen LogP contribution in [0.5, 0.6) is 5.75 Å². The molecule has 0 heterocycles. The number of halogens is 1. The van der Waals surface area contributed by atoms with Crippen LogP contribution in [0.15, 0.2) is 18.2 Å². The first-order valence-corrected chi connectivity index (χ1v) is 4.36. The first-order chi connectivity index (χ1) is 6.13. The summed E-state index contributed by atoms with van der Waals surface area (Å²) in [5.74, 6) is 0.428. The minimum atomic E-state index is -0.231. The highest BCUT2D eigenvalue weighted by atomic mass is 32.1. The fraction of sp³-hybridized carbons (Fsp3) is 0.300. The van der Waals surface area contributed by atoms with E-state index >= 15 is 0 Å². The molecular weight excluding hydrogens is 187 g/mol. The fourth-order valence-electron chi connectivity index (χ4n) is 1.08. The van der Waals surface area contributed by atoms with E-state index in [0.717, 1.165) is 4.86 Å². The molecule has 0 atom stereocenters. The van der Waals surface area contributed by atoms with Crippen LogP contribution in [0.4, 0.5) is 4.39 Å². The Hall–Kier alpha value is -0.960. The number of methoxy groups -OCH3 is 1. The first-order valence-electron chi connectivity index (χ1n) is 3.95. The van der Waals surface area contributed by atoms with Gasteiger partial charge < -0.3 is 4.74 Å². The average Bonchev–Trinajstić information content (AvgIpc) is 2.08. The Bertz CT molecular complexity index is 323. The molecule has 1 rings (SSSR count). The Morgan fingerprint density at radius 1 is 1.54 bits per heavy atom. The van der Waals surface area contributed by atoms with Crippen molar-refractivity contribution in [3.63, 3.8) is 0 Å². The Morgan fingerprint density at radius 2 is 2.23 bits per heavy atom. The molecule has 1 nitrogen and oxygen atoms in total. The molecule has 70 valence electrons. The van der Waals surface area contributed by atoms with Crippen molar-refractivity contribution in [1.29, 1.82) is 0 Å². The summed E-state index contributed by atoms with van der Waals surface area (Å²) in [5.41, 5.74) is 0.590. The van der Waals surface area contributed by atoms with Crippen molar-refractivity contribution < 1.29 is 9.13 Å². The van der Waals surface area contributed by atoms with E-state index < -0.39 is 0 Å². The third-order valence-electron chi connectivity index (χ3n) is 1.69. The number of hydrogen-bond donors (Lipinski definition) is 0. The van der Waals surface area contributed by atoms with Gasteiger partial charge in [-0.05, 0) is 35.6 Å². The van der Waals surface area contributed by atoms with Gasteiger partial charge in [-0.2, -0.15) is 0 Å². The van der Waals surface area contributed by atoms with Crippen molar-refractivity contribution in [2.75, 3.05) is 7.11 Å². The molecule has 0 aliphatic heterocycles. The van der Waals surface area contributed by atoms with Gasteiger partial charge in [0.15, 0.2) is 0 Å². The van der Waals surface area contributed by atoms with E-state index in [4.69, 9.17) is 17.0 Å². The average molecular weight is 198 g/mol. The monoisotopic (exact) mass is 198 g/mol. The van der Waals surface area contributed by atoms with Crippen LogP contribution in [0.3, 0.4) is 0 Å². The van der Waals surface area contributed by atoms with E-state index in [1.54, 1.807) is 26.2 Å². The zero-order valence-corrected chi connectivity index (χ0v) is 8.45. The highest BCUT2D eigenvalue weighted by Gasteiger charge is 2.04. The zero-order valence-electron chi connectivity index (χ0n) is 7.63. The molecule has 0 bridgehead atoms. The highest BCUT2D eigenvalue weighted by Crippen LogP contribution is 2.17. The molecular formula is C10H11FOS. The summed E-state index contributed by atoms with van der Waals surface area (Å²) < 4.78 is 18.1. The van der Waals surface area contributed by atoms with Crippen molar-refractivity contribution in [2.45, 2.75) is 13.3 Å². The molecule has 0 aromatic heterocycles. The summed E-state index contributed by atoms with van der Waals surface area (Å²) in [6, 6.07) is 4.66. The van der Waals surface area contributed by atoms with E-state index in [1.165, 1.54) is 6.07 Å². The van der Waals surface area contributed by atoms with Crippen LogP contribution in [0.1, 0.15) is 12.5 Å². The largest absolute Gasteiger partial charge is 0.497 e. The number of benzene rings is 1. The maximum Gasteiger partial charge on any atom is 0.127 e. The summed E-state index contributed by atoms with van der Waals surface area (Å²) in [6.45, 7) is 1.80. The molecule has 0 saturated carbocycles. The van der Waals surface area contributed by atoms with Crippen LogP contribution >= 0.6 is 12.2 Å². The number of rotatable bonds is 3. The van der Waals surface area contributed by atoms with Crippen molar-refractivity contribution >= 4 is 17.1 Å². The maximum atomic E-state index is 13.2. The molecule has 0 amide bonds. The molecule has 1 aromatic carbocycles. The number of thiocarbonyl (C=S) groups is 1. The maximum absolute atomic E-state index is 13.2. The second-order valence-electron chi connectivity index (χ2n) is 2.84. The van der Waals surface area contributed by atoms with Crippen LogP contribution < -0.4 is 4.74 Å². The van der Waals surface area contributed by atoms with Crippen molar-refractivity contribution in [1.82, 2.24) is 0 Å². The highest BCUT2D eigenvalue weighted by molar-refractivity contribution is 7.80. The van der Waals surface area contributed by atoms with Crippen LogP contribution in [0.25, 0.3) is 0 Å². The van der Waals surface area contributed by atoms with E-state index in [0.29, 0.717) is 17.7 Å². The summed E-state index contributed by atoms with van der Waals surface area (Å²) in [4.78, 5) is 0.771. The lowest BCUT2D eigenvalue weighted by Gasteiger charge is -2.04. The minimum absolute atomic E-state index is 0.231.